The van der Waals surface area contributed by atoms with Crippen LogP contribution in [0, 0.1) is 0 Å². The maximum Gasteiger partial charge on any atom is 0.255 e. The summed E-state index contributed by atoms with van der Waals surface area (Å²) in [4.78, 5) is 12.1. The summed E-state index contributed by atoms with van der Waals surface area (Å²) < 4.78 is 1.67. The van der Waals surface area contributed by atoms with Gasteiger partial charge in [-0.15, -0.1) is 11.6 Å². The van der Waals surface area contributed by atoms with Crippen molar-refractivity contribution < 1.29 is 4.79 Å². The van der Waals surface area contributed by atoms with Crippen molar-refractivity contribution in [3.05, 3.63) is 36.2 Å². The van der Waals surface area contributed by atoms with Crippen LogP contribution >= 0.6 is 11.6 Å². The van der Waals surface area contributed by atoms with Crippen molar-refractivity contribution in [3.8, 4) is 0 Å². The monoisotopic (exact) mass is 251 g/mol. The summed E-state index contributed by atoms with van der Waals surface area (Å²) >= 11 is 5.78. The molecule has 0 spiro atoms. The fourth-order valence-corrected chi connectivity index (χ4v) is 1.58. The lowest BCUT2D eigenvalue weighted by atomic mass is 10.1. The number of carbonyl (C=O) groups excluding carboxylic acids is 1. The molecule has 0 aliphatic heterocycles. The number of fused-ring (bicyclic) bond motifs is 1. The van der Waals surface area contributed by atoms with Crippen LogP contribution in [0.25, 0.3) is 5.52 Å². The molecule has 1 N–H and O–H groups in total. The number of hydrogen-bond acceptors (Lipinski definition) is 2. The van der Waals surface area contributed by atoms with Crippen molar-refractivity contribution in [2.45, 2.75) is 19.4 Å². The molecule has 0 aromatic carbocycles. The van der Waals surface area contributed by atoms with E-state index in [1.165, 1.54) is 0 Å². The summed E-state index contributed by atoms with van der Waals surface area (Å²) in [5, 5.41) is 6.99. The van der Waals surface area contributed by atoms with Gasteiger partial charge in [0, 0.05) is 17.6 Å². The second kappa shape index (κ2) is 4.37. The molecule has 0 saturated heterocycles. The molecule has 4 nitrogen and oxygen atoms in total. The second-order valence-corrected chi connectivity index (χ2v) is 4.83. The number of nitrogens with one attached hydrogen (secondary N) is 1. The smallest absolute Gasteiger partial charge is 0.255 e. The van der Waals surface area contributed by atoms with Gasteiger partial charge in [-0.3, -0.25) is 4.79 Å². The Morgan fingerprint density at radius 2 is 2.29 bits per heavy atom. The van der Waals surface area contributed by atoms with Crippen LogP contribution < -0.4 is 5.32 Å². The van der Waals surface area contributed by atoms with E-state index >= 15 is 0 Å². The van der Waals surface area contributed by atoms with Gasteiger partial charge < -0.3 is 5.32 Å². The molecule has 2 heterocycles. The molecule has 90 valence electrons. The lowest BCUT2D eigenvalue weighted by molar-refractivity contribution is 0.0922. The van der Waals surface area contributed by atoms with Gasteiger partial charge in [-0.1, -0.05) is 6.07 Å². The zero-order chi connectivity index (χ0) is 12.5. The SMILES string of the molecule is CC(C)(CCl)NC(=O)c1cnn2ccccc12. The number of amides is 1. The van der Waals surface area contributed by atoms with Crippen LogP contribution in [0.1, 0.15) is 24.2 Å². The number of rotatable bonds is 3. The second-order valence-electron chi connectivity index (χ2n) is 4.56. The summed E-state index contributed by atoms with van der Waals surface area (Å²) in [6, 6.07) is 5.60. The van der Waals surface area contributed by atoms with Crippen LogP contribution in [0.5, 0.6) is 0 Å². The number of hydrogen-bond donors (Lipinski definition) is 1. The minimum atomic E-state index is -0.429. The number of carbonyl (C=O) groups is 1. The third-order valence-electron chi connectivity index (χ3n) is 2.46. The lowest BCUT2D eigenvalue weighted by Crippen LogP contribution is -2.44. The van der Waals surface area contributed by atoms with Gasteiger partial charge in [-0.2, -0.15) is 5.10 Å². The molecular formula is C12H14ClN3O. The van der Waals surface area contributed by atoms with Crippen LogP contribution in [0.4, 0.5) is 0 Å². The fourth-order valence-electron chi connectivity index (χ4n) is 1.52. The van der Waals surface area contributed by atoms with E-state index in [2.05, 4.69) is 10.4 Å². The van der Waals surface area contributed by atoms with E-state index < -0.39 is 5.54 Å². The molecule has 17 heavy (non-hydrogen) atoms. The first-order valence-electron chi connectivity index (χ1n) is 5.34. The van der Waals surface area contributed by atoms with Gasteiger partial charge in [-0.05, 0) is 26.0 Å². The Kier molecular flexibility index (Phi) is 3.07. The van der Waals surface area contributed by atoms with Gasteiger partial charge in [0.15, 0.2) is 0 Å². The number of halogens is 1. The van der Waals surface area contributed by atoms with Crippen LogP contribution in [0.2, 0.25) is 0 Å². The van der Waals surface area contributed by atoms with E-state index in [4.69, 9.17) is 11.6 Å². The predicted molar refractivity (Wildman–Crippen MR) is 67.5 cm³/mol. The Labute approximate surface area is 105 Å². The van der Waals surface area contributed by atoms with E-state index in [1.807, 2.05) is 32.0 Å². The summed E-state index contributed by atoms with van der Waals surface area (Å²) in [6.07, 6.45) is 3.37. The van der Waals surface area contributed by atoms with E-state index in [1.54, 1.807) is 16.9 Å². The summed E-state index contributed by atoms with van der Waals surface area (Å²) in [6.45, 7) is 3.76. The predicted octanol–water partition coefficient (Wildman–Crippen LogP) is 2.08. The Balaban J connectivity index is 2.31. The lowest BCUT2D eigenvalue weighted by Gasteiger charge is -2.22. The van der Waals surface area contributed by atoms with Crippen molar-refractivity contribution in [1.29, 1.82) is 0 Å². The van der Waals surface area contributed by atoms with Gasteiger partial charge in [0.05, 0.1) is 17.3 Å². The van der Waals surface area contributed by atoms with Crippen molar-refractivity contribution >= 4 is 23.0 Å². The summed E-state index contributed by atoms with van der Waals surface area (Å²) in [5.74, 6) is 0.203. The Morgan fingerprint density at radius 1 is 1.53 bits per heavy atom. The van der Waals surface area contributed by atoms with Gasteiger partial charge in [-0.25, -0.2) is 4.52 Å². The van der Waals surface area contributed by atoms with Crippen LogP contribution in [0.3, 0.4) is 0 Å². The Morgan fingerprint density at radius 3 is 3.00 bits per heavy atom. The average molecular weight is 252 g/mol. The maximum absolute atomic E-state index is 12.1. The molecule has 1 amide bonds. The molecule has 0 fully saturated rings. The minimum Gasteiger partial charge on any atom is -0.346 e. The van der Waals surface area contributed by atoms with Gasteiger partial charge in [0.1, 0.15) is 0 Å². The van der Waals surface area contributed by atoms with E-state index in [0.29, 0.717) is 11.4 Å². The highest BCUT2D eigenvalue weighted by Gasteiger charge is 2.21. The van der Waals surface area contributed by atoms with Gasteiger partial charge in [0.2, 0.25) is 0 Å². The normalized spacial score (nSPS) is 11.7. The van der Waals surface area contributed by atoms with Crippen LogP contribution in [-0.4, -0.2) is 26.9 Å². The van der Waals surface area contributed by atoms with Crippen molar-refractivity contribution in [2.24, 2.45) is 0 Å². The molecule has 0 aliphatic carbocycles. The zero-order valence-electron chi connectivity index (χ0n) is 9.77. The standard InChI is InChI=1S/C12H14ClN3O/c1-12(2,8-13)15-11(17)9-7-14-16-6-4-3-5-10(9)16/h3-7H,8H2,1-2H3,(H,15,17). The minimum absolute atomic E-state index is 0.156. The highest BCUT2D eigenvalue weighted by molar-refractivity contribution is 6.18. The Bertz CT molecular complexity index is 547. The quantitative estimate of drug-likeness (QED) is 0.849. The van der Waals surface area contributed by atoms with Crippen LogP contribution in [-0.2, 0) is 0 Å². The number of aromatic nitrogens is 2. The third-order valence-corrected chi connectivity index (χ3v) is 3.13. The largest absolute Gasteiger partial charge is 0.346 e. The van der Waals surface area contributed by atoms with Crippen LogP contribution in [0.15, 0.2) is 30.6 Å². The zero-order valence-corrected chi connectivity index (χ0v) is 10.5. The Hall–Kier alpha value is -1.55. The van der Waals surface area contributed by atoms with E-state index in [-0.39, 0.29) is 5.91 Å². The number of nitrogens with zero attached hydrogens (tertiary/aromatic N) is 2. The topological polar surface area (TPSA) is 46.4 Å². The molecule has 0 unspecified atom stereocenters. The third kappa shape index (κ3) is 2.42. The molecule has 0 saturated carbocycles. The fraction of sp³-hybridized carbons (Fsp3) is 0.333. The average Bonchev–Trinajstić information content (AvgIpc) is 2.72. The molecule has 0 bridgehead atoms. The van der Waals surface area contributed by atoms with Crippen molar-refractivity contribution in [1.82, 2.24) is 14.9 Å². The molecule has 2 aromatic rings. The first-order chi connectivity index (χ1) is 8.03. The summed E-state index contributed by atoms with van der Waals surface area (Å²) in [5.41, 5.74) is 0.918. The van der Waals surface area contributed by atoms with Crippen molar-refractivity contribution in [3.63, 3.8) is 0 Å². The molecule has 2 aromatic heterocycles. The molecule has 0 atom stereocenters. The molecule has 2 rings (SSSR count). The highest BCUT2D eigenvalue weighted by Crippen LogP contribution is 2.12. The first-order valence-corrected chi connectivity index (χ1v) is 5.88. The summed E-state index contributed by atoms with van der Waals surface area (Å²) in [7, 11) is 0. The van der Waals surface area contributed by atoms with Crippen molar-refractivity contribution in [2.75, 3.05) is 5.88 Å². The molecule has 0 radical (unpaired) electrons. The molecule has 0 aliphatic rings. The van der Waals surface area contributed by atoms with E-state index in [9.17, 15) is 4.79 Å². The van der Waals surface area contributed by atoms with E-state index in [0.717, 1.165) is 5.52 Å². The number of pyridine rings is 1. The molecule has 5 heteroatoms. The molecular weight excluding hydrogens is 238 g/mol. The first kappa shape index (κ1) is 11.9. The van der Waals surface area contributed by atoms with Gasteiger partial charge in [0.25, 0.3) is 5.91 Å². The number of alkyl halides is 1. The maximum atomic E-state index is 12.1. The highest BCUT2D eigenvalue weighted by atomic mass is 35.5. The van der Waals surface area contributed by atoms with Gasteiger partial charge >= 0.3 is 0 Å².